The van der Waals surface area contributed by atoms with Crippen molar-refractivity contribution in [3.05, 3.63) is 48.5 Å². The molecule has 2 N–H and O–H groups in total. The third kappa shape index (κ3) is 2.20. The van der Waals surface area contributed by atoms with Gasteiger partial charge in [-0.1, -0.05) is 0 Å². The molecular weight excluding hydrogens is 316 g/mol. The van der Waals surface area contributed by atoms with Crippen LogP contribution >= 0.6 is 0 Å². The van der Waals surface area contributed by atoms with Gasteiger partial charge in [0, 0.05) is 41.0 Å². The summed E-state index contributed by atoms with van der Waals surface area (Å²) in [6, 6.07) is 8.40. The van der Waals surface area contributed by atoms with Crippen LogP contribution in [0, 0.1) is 0 Å². The Labute approximate surface area is 143 Å². The van der Waals surface area contributed by atoms with Crippen molar-refractivity contribution in [1.82, 2.24) is 30.1 Å². The number of amides is 1. The van der Waals surface area contributed by atoms with Gasteiger partial charge in [-0.3, -0.25) is 4.79 Å². The smallest absolute Gasteiger partial charge is 0.207 e. The molecule has 4 heterocycles. The van der Waals surface area contributed by atoms with E-state index >= 15 is 0 Å². The predicted octanol–water partition coefficient (Wildman–Crippen LogP) is 2.26. The van der Waals surface area contributed by atoms with Crippen molar-refractivity contribution in [2.75, 3.05) is 0 Å². The number of carbonyl (C=O) groups is 1. The number of nitrogens with one attached hydrogen (secondary N) is 2. The first kappa shape index (κ1) is 14.2. The van der Waals surface area contributed by atoms with E-state index in [4.69, 9.17) is 0 Å². The predicted molar refractivity (Wildman–Crippen MR) is 93.0 cm³/mol. The zero-order valence-electron chi connectivity index (χ0n) is 13.4. The summed E-state index contributed by atoms with van der Waals surface area (Å²) in [6.45, 7) is 0. The summed E-state index contributed by atoms with van der Waals surface area (Å²) < 4.78 is 1.64. The summed E-state index contributed by atoms with van der Waals surface area (Å²) in [5.74, 6) is 0.435. The van der Waals surface area contributed by atoms with Gasteiger partial charge >= 0.3 is 0 Å². The number of H-pyrrole nitrogens is 1. The Morgan fingerprint density at radius 1 is 1.20 bits per heavy atom. The maximum absolute atomic E-state index is 10.5. The van der Waals surface area contributed by atoms with Crippen LogP contribution < -0.4 is 5.32 Å². The van der Waals surface area contributed by atoms with E-state index in [0.717, 1.165) is 46.9 Å². The molecule has 0 aromatic carbocycles. The summed E-state index contributed by atoms with van der Waals surface area (Å²) in [5.41, 5.74) is 5.16. The quantitative estimate of drug-likeness (QED) is 0.561. The lowest BCUT2D eigenvalue weighted by Crippen LogP contribution is -2.39. The standard InChI is InChI=1S/C18H16N6O/c25-10-20-12-6-11(7-12)16-8-14-13(3-5-19-18(14)23-16)15-9-22-24-17(15)2-1-4-21-24/h1-5,8-12H,6-7H2,(H,19,23)(H,20,25). The highest BCUT2D eigenvalue weighted by molar-refractivity contribution is 5.97. The first-order valence-electron chi connectivity index (χ1n) is 8.30. The normalized spacial score (nSPS) is 19.8. The van der Waals surface area contributed by atoms with Gasteiger partial charge in [0.15, 0.2) is 0 Å². The van der Waals surface area contributed by atoms with Crippen molar-refractivity contribution in [2.24, 2.45) is 0 Å². The average molecular weight is 332 g/mol. The van der Waals surface area contributed by atoms with Gasteiger partial charge < -0.3 is 10.3 Å². The van der Waals surface area contributed by atoms with Crippen molar-refractivity contribution < 1.29 is 4.79 Å². The third-order valence-electron chi connectivity index (χ3n) is 5.03. The molecule has 0 radical (unpaired) electrons. The first-order chi connectivity index (χ1) is 12.3. The van der Waals surface area contributed by atoms with Crippen molar-refractivity contribution in [2.45, 2.75) is 24.8 Å². The molecule has 4 aromatic heterocycles. The van der Waals surface area contributed by atoms with Crippen molar-refractivity contribution in [3.63, 3.8) is 0 Å². The molecule has 0 bridgehead atoms. The Hall–Kier alpha value is -3.22. The molecule has 0 unspecified atom stereocenters. The van der Waals surface area contributed by atoms with Crippen LogP contribution in [0.25, 0.3) is 27.7 Å². The van der Waals surface area contributed by atoms with Crippen LogP contribution in [-0.2, 0) is 4.79 Å². The Bertz CT molecular complexity index is 1080. The van der Waals surface area contributed by atoms with E-state index in [9.17, 15) is 4.79 Å². The maximum atomic E-state index is 10.5. The number of aromatic nitrogens is 5. The van der Waals surface area contributed by atoms with E-state index in [-0.39, 0.29) is 6.04 Å². The third-order valence-corrected chi connectivity index (χ3v) is 5.03. The highest BCUT2D eigenvalue weighted by Crippen LogP contribution is 2.39. The van der Waals surface area contributed by atoms with Gasteiger partial charge in [-0.2, -0.15) is 14.8 Å². The zero-order valence-corrected chi connectivity index (χ0v) is 13.4. The summed E-state index contributed by atoms with van der Waals surface area (Å²) in [7, 11) is 0. The number of aromatic amines is 1. The molecule has 1 aliphatic rings. The fraction of sp³-hybridized carbons (Fsp3) is 0.222. The average Bonchev–Trinajstić information content (AvgIpc) is 3.21. The van der Waals surface area contributed by atoms with E-state index in [1.807, 2.05) is 30.6 Å². The van der Waals surface area contributed by atoms with Crippen LogP contribution in [-0.4, -0.2) is 37.2 Å². The molecule has 1 fully saturated rings. The first-order valence-corrected chi connectivity index (χ1v) is 8.30. The van der Waals surface area contributed by atoms with E-state index < -0.39 is 0 Å². The Balaban J connectivity index is 1.57. The van der Waals surface area contributed by atoms with Gasteiger partial charge in [0.05, 0.1) is 11.7 Å². The van der Waals surface area contributed by atoms with Crippen LogP contribution in [0.5, 0.6) is 0 Å². The lowest BCUT2D eigenvalue weighted by molar-refractivity contribution is -0.110. The lowest BCUT2D eigenvalue weighted by atomic mass is 9.78. The molecular formula is C18H16N6O. The molecule has 5 rings (SSSR count). The summed E-state index contributed by atoms with van der Waals surface area (Å²) in [4.78, 5) is 18.5. The second kappa shape index (κ2) is 5.41. The Morgan fingerprint density at radius 3 is 3.00 bits per heavy atom. The second-order valence-corrected chi connectivity index (χ2v) is 6.45. The molecule has 4 aromatic rings. The highest BCUT2D eigenvalue weighted by atomic mass is 16.1. The number of pyridine rings is 1. The number of carbonyl (C=O) groups excluding carboxylic acids is 1. The maximum Gasteiger partial charge on any atom is 0.207 e. The minimum absolute atomic E-state index is 0.284. The van der Waals surface area contributed by atoms with E-state index in [1.165, 1.54) is 5.69 Å². The van der Waals surface area contributed by atoms with Crippen LogP contribution in [0.15, 0.2) is 42.9 Å². The SMILES string of the molecule is O=CNC1CC(c2cc3c(-c4cnn5ncccc45)ccnc3[nH]2)C1. The van der Waals surface area contributed by atoms with Gasteiger partial charge in [0.2, 0.25) is 6.41 Å². The minimum atomic E-state index is 0.284. The molecule has 1 aliphatic carbocycles. The number of fused-ring (bicyclic) bond motifs is 2. The second-order valence-electron chi connectivity index (χ2n) is 6.45. The van der Waals surface area contributed by atoms with Gasteiger partial charge in [-0.25, -0.2) is 4.98 Å². The summed E-state index contributed by atoms with van der Waals surface area (Å²) >= 11 is 0. The molecule has 0 spiro atoms. The molecule has 7 nitrogen and oxygen atoms in total. The largest absolute Gasteiger partial charge is 0.356 e. The molecule has 25 heavy (non-hydrogen) atoms. The van der Waals surface area contributed by atoms with Crippen LogP contribution in [0.3, 0.4) is 0 Å². The van der Waals surface area contributed by atoms with Gasteiger partial charge in [-0.05, 0) is 42.7 Å². The van der Waals surface area contributed by atoms with E-state index in [0.29, 0.717) is 5.92 Å². The molecule has 0 aliphatic heterocycles. The number of hydrogen-bond acceptors (Lipinski definition) is 4. The minimum Gasteiger partial charge on any atom is -0.356 e. The molecule has 0 atom stereocenters. The fourth-order valence-corrected chi connectivity index (χ4v) is 3.65. The molecule has 0 saturated heterocycles. The monoisotopic (exact) mass is 332 g/mol. The van der Waals surface area contributed by atoms with Gasteiger partial charge in [0.25, 0.3) is 0 Å². The van der Waals surface area contributed by atoms with Crippen molar-refractivity contribution in [3.8, 4) is 11.1 Å². The molecule has 7 heteroatoms. The van der Waals surface area contributed by atoms with E-state index in [1.54, 1.807) is 10.8 Å². The molecule has 124 valence electrons. The summed E-state index contributed by atoms with van der Waals surface area (Å²) in [5, 5.41) is 12.5. The fourth-order valence-electron chi connectivity index (χ4n) is 3.65. The van der Waals surface area contributed by atoms with Crippen molar-refractivity contribution in [1.29, 1.82) is 0 Å². The zero-order chi connectivity index (χ0) is 16.8. The topological polar surface area (TPSA) is 88.0 Å². The van der Waals surface area contributed by atoms with Crippen molar-refractivity contribution >= 4 is 23.0 Å². The van der Waals surface area contributed by atoms with Crippen LogP contribution in [0.2, 0.25) is 0 Å². The van der Waals surface area contributed by atoms with Gasteiger partial charge in [0.1, 0.15) is 5.65 Å². The molecule has 1 saturated carbocycles. The number of rotatable bonds is 4. The Morgan fingerprint density at radius 2 is 2.12 bits per heavy atom. The summed E-state index contributed by atoms with van der Waals surface area (Å²) in [6.07, 6.45) is 8.08. The number of hydrogen-bond donors (Lipinski definition) is 2. The highest BCUT2D eigenvalue weighted by Gasteiger charge is 2.31. The molecule has 1 amide bonds. The lowest BCUT2D eigenvalue weighted by Gasteiger charge is -2.34. The van der Waals surface area contributed by atoms with Gasteiger partial charge in [-0.15, -0.1) is 0 Å². The van der Waals surface area contributed by atoms with Crippen LogP contribution in [0.4, 0.5) is 0 Å². The van der Waals surface area contributed by atoms with Crippen LogP contribution in [0.1, 0.15) is 24.5 Å². The Kier molecular flexibility index (Phi) is 3.06. The number of nitrogens with zero attached hydrogens (tertiary/aromatic N) is 4. The van der Waals surface area contributed by atoms with E-state index in [2.05, 4.69) is 31.5 Å².